The summed E-state index contributed by atoms with van der Waals surface area (Å²) in [5.41, 5.74) is 5.37. The Balaban J connectivity index is 2.13. The molecule has 19 heavy (non-hydrogen) atoms. The van der Waals surface area contributed by atoms with Crippen LogP contribution < -0.4 is 10.5 Å². The Morgan fingerprint density at radius 2 is 1.89 bits per heavy atom. The summed E-state index contributed by atoms with van der Waals surface area (Å²) in [4.78, 5) is 11.9. The summed E-state index contributed by atoms with van der Waals surface area (Å²) < 4.78 is 26.5. The highest BCUT2D eigenvalue weighted by Gasteiger charge is 2.14. The summed E-state index contributed by atoms with van der Waals surface area (Å²) in [6.45, 7) is 0.248. The lowest BCUT2D eigenvalue weighted by Crippen LogP contribution is -2.23. The van der Waals surface area contributed by atoms with E-state index >= 15 is 0 Å². The number of hydrogen-bond acceptors (Lipinski definition) is 4. The number of nitrogens with two attached hydrogens (primary N) is 1. The number of benzene rings is 1. The zero-order valence-electron chi connectivity index (χ0n) is 9.87. The smallest absolute Gasteiger partial charge is 0.248 e. The minimum Gasteiger partial charge on any atom is -0.366 e. The van der Waals surface area contributed by atoms with Crippen molar-refractivity contribution < 1.29 is 13.2 Å². The van der Waals surface area contributed by atoms with Crippen molar-refractivity contribution in [1.29, 1.82) is 0 Å². The van der Waals surface area contributed by atoms with Gasteiger partial charge in [0.25, 0.3) is 0 Å². The Bertz CT molecular complexity index is 662. The van der Waals surface area contributed by atoms with Gasteiger partial charge in [0.15, 0.2) is 0 Å². The number of thiophene rings is 1. The number of carbonyl (C=O) groups excluding carboxylic acids is 1. The monoisotopic (exact) mass is 296 g/mol. The van der Waals surface area contributed by atoms with Crippen molar-refractivity contribution in [3.63, 3.8) is 0 Å². The average Bonchev–Trinajstić information content (AvgIpc) is 2.90. The van der Waals surface area contributed by atoms with Crippen LogP contribution in [0.4, 0.5) is 0 Å². The Labute approximate surface area is 115 Å². The van der Waals surface area contributed by atoms with Gasteiger partial charge in [-0.1, -0.05) is 6.07 Å². The third-order valence-corrected chi connectivity index (χ3v) is 4.76. The maximum Gasteiger partial charge on any atom is 0.248 e. The van der Waals surface area contributed by atoms with Crippen LogP contribution in [0.2, 0.25) is 0 Å². The van der Waals surface area contributed by atoms with E-state index in [0.717, 1.165) is 4.88 Å². The molecule has 0 unspecified atom stereocenters. The second-order valence-corrected chi connectivity index (χ2v) is 6.59. The van der Waals surface area contributed by atoms with Crippen LogP contribution in [0.1, 0.15) is 15.2 Å². The van der Waals surface area contributed by atoms with Gasteiger partial charge in [0, 0.05) is 17.0 Å². The Hall–Kier alpha value is -1.70. The van der Waals surface area contributed by atoms with Crippen LogP contribution in [-0.4, -0.2) is 14.3 Å². The highest BCUT2D eigenvalue weighted by Crippen LogP contribution is 2.13. The standard InChI is InChI=1S/C12H12N2O3S2/c13-12(15)9-3-5-11(6-4-9)19(16,17)14-8-10-2-1-7-18-10/h1-7,14H,8H2,(H2,13,15). The first-order valence-electron chi connectivity index (χ1n) is 5.41. The molecule has 1 amide bonds. The third kappa shape index (κ3) is 3.40. The number of hydrogen-bond donors (Lipinski definition) is 2. The number of nitrogens with one attached hydrogen (secondary N) is 1. The summed E-state index contributed by atoms with van der Waals surface area (Å²) in [5.74, 6) is -0.588. The molecule has 0 aliphatic carbocycles. The van der Waals surface area contributed by atoms with Gasteiger partial charge in [0.1, 0.15) is 0 Å². The van der Waals surface area contributed by atoms with E-state index in [1.807, 2.05) is 17.5 Å². The minimum absolute atomic E-state index is 0.106. The second-order valence-electron chi connectivity index (χ2n) is 3.79. The fourth-order valence-electron chi connectivity index (χ4n) is 1.46. The molecule has 1 aromatic carbocycles. The van der Waals surface area contributed by atoms with Gasteiger partial charge in [0.2, 0.25) is 15.9 Å². The van der Waals surface area contributed by atoms with E-state index in [1.165, 1.54) is 35.6 Å². The van der Waals surface area contributed by atoms with E-state index < -0.39 is 15.9 Å². The Morgan fingerprint density at radius 1 is 1.21 bits per heavy atom. The molecule has 7 heteroatoms. The molecule has 3 N–H and O–H groups in total. The molecule has 0 bridgehead atoms. The van der Waals surface area contributed by atoms with Gasteiger partial charge in [-0.05, 0) is 35.7 Å². The van der Waals surface area contributed by atoms with Crippen molar-refractivity contribution in [2.24, 2.45) is 5.73 Å². The third-order valence-electron chi connectivity index (χ3n) is 2.47. The van der Waals surface area contributed by atoms with Crippen molar-refractivity contribution in [2.75, 3.05) is 0 Å². The van der Waals surface area contributed by atoms with Crippen LogP contribution in [0, 0.1) is 0 Å². The van der Waals surface area contributed by atoms with Gasteiger partial charge in [-0.3, -0.25) is 4.79 Å². The van der Waals surface area contributed by atoms with Crippen molar-refractivity contribution in [3.05, 3.63) is 52.2 Å². The summed E-state index contributed by atoms with van der Waals surface area (Å²) in [5, 5.41) is 1.88. The molecule has 1 aromatic heterocycles. The van der Waals surface area contributed by atoms with E-state index in [9.17, 15) is 13.2 Å². The quantitative estimate of drug-likeness (QED) is 0.872. The van der Waals surface area contributed by atoms with Crippen LogP contribution in [0.3, 0.4) is 0 Å². The molecule has 0 spiro atoms. The largest absolute Gasteiger partial charge is 0.366 e. The summed E-state index contributed by atoms with van der Waals surface area (Å²) in [7, 11) is -3.57. The number of carbonyl (C=O) groups is 1. The molecule has 100 valence electrons. The maximum absolute atomic E-state index is 12.0. The van der Waals surface area contributed by atoms with Crippen molar-refractivity contribution in [2.45, 2.75) is 11.4 Å². The lowest BCUT2D eigenvalue weighted by Gasteiger charge is -2.06. The molecule has 0 atom stereocenters. The highest BCUT2D eigenvalue weighted by molar-refractivity contribution is 7.89. The van der Waals surface area contributed by atoms with E-state index in [4.69, 9.17) is 5.73 Å². The molecule has 1 heterocycles. The Kier molecular flexibility index (Phi) is 3.98. The fraction of sp³-hybridized carbons (Fsp3) is 0.0833. The van der Waals surface area contributed by atoms with Crippen LogP contribution in [0.5, 0.6) is 0 Å². The van der Waals surface area contributed by atoms with Gasteiger partial charge in [0.05, 0.1) is 4.90 Å². The molecule has 0 saturated heterocycles. The molecule has 0 fully saturated rings. The SMILES string of the molecule is NC(=O)c1ccc(S(=O)(=O)NCc2cccs2)cc1. The predicted octanol–water partition coefficient (Wildman–Crippen LogP) is 1.33. The van der Waals surface area contributed by atoms with Gasteiger partial charge in [-0.25, -0.2) is 13.1 Å². The topological polar surface area (TPSA) is 89.3 Å². The first-order chi connectivity index (χ1) is 8.99. The number of amides is 1. The fourth-order valence-corrected chi connectivity index (χ4v) is 3.20. The summed E-state index contributed by atoms with van der Waals surface area (Å²) in [6.07, 6.45) is 0. The molecule has 0 saturated carbocycles. The van der Waals surface area contributed by atoms with E-state index in [0.29, 0.717) is 0 Å². The van der Waals surface area contributed by atoms with Gasteiger partial charge in [-0.15, -0.1) is 11.3 Å². The molecule has 2 aromatic rings. The van der Waals surface area contributed by atoms with Gasteiger partial charge in [-0.2, -0.15) is 0 Å². The van der Waals surface area contributed by atoms with Gasteiger partial charge >= 0.3 is 0 Å². The zero-order valence-corrected chi connectivity index (χ0v) is 11.5. The highest BCUT2D eigenvalue weighted by atomic mass is 32.2. The van der Waals surface area contributed by atoms with Crippen LogP contribution in [0.15, 0.2) is 46.7 Å². The molecule has 0 radical (unpaired) electrons. The van der Waals surface area contributed by atoms with E-state index in [2.05, 4.69) is 4.72 Å². The average molecular weight is 296 g/mol. The number of sulfonamides is 1. The number of primary amides is 1. The van der Waals surface area contributed by atoms with Crippen molar-refractivity contribution >= 4 is 27.3 Å². The molecule has 0 aliphatic rings. The van der Waals surface area contributed by atoms with Crippen LogP contribution >= 0.6 is 11.3 Å². The van der Waals surface area contributed by atoms with Crippen molar-refractivity contribution in [3.8, 4) is 0 Å². The summed E-state index contributed by atoms with van der Waals surface area (Å²) >= 11 is 1.48. The summed E-state index contributed by atoms with van der Waals surface area (Å²) in [6, 6.07) is 9.21. The van der Waals surface area contributed by atoms with E-state index in [-0.39, 0.29) is 17.0 Å². The van der Waals surface area contributed by atoms with Crippen LogP contribution in [0.25, 0.3) is 0 Å². The molecule has 2 rings (SSSR count). The second kappa shape index (κ2) is 5.52. The predicted molar refractivity (Wildman–Crippen MR) is 73.3 cm³/mol. The van der Waals surface area contributed by atoms with Crippen LogP contribution in [-0.2, 0) is 16.6 Å². The van der Waals surface area contributed by atoms with Crippen molar-refractivity contribution in [1.82, 2.24) is 4.72 Å². The zero-order chi connectivity index (χ0) is 13.9. The van der Waals surface area contributed by atoms with Gasteiger partial charge < -0.3 is 5.73 Å². The van der Waals surface area contributed by atoms with E-state index in [1.54, 1.807) is 0 Å². The first-order valence-corrected chi connectivity index (χ1v) is 7.77. The Morgan fingerprint density at radius 3 is 2.42 bits per heavy atom. The molecular formula is C12H12N2O3S2. The number of rotatable bonds is 5. The normalized spacial score (nSPS) is 11.4. The minimum atomic E-state index is -3.57. The molecule has 5 nitrogen and oxygen atoms in total. The molecular weight excluding hydrogens is 284 g/mol. The maximum atomic E-state index is 12.0. The first kappa shape index (κ1) is 13.7. The lowest BCUT2D eigenvalue weighted by molar-refractivity contribution is 0.1000. The molecule has 0 aliphatic heterocycles. The lowest BCUT2D eigenvalue weighted by atomic mass is 10.2.